The molecule has 2 atom stereocenters. The van der Waals surface area contributed by atoms with E-state index in [9.17, 15) is 5.11 Å². The summed E-state index contributed by atoms with van der Waals surface area (Å²) in [4.78, 5) is 0. The second-order valence-electron chi connectivity index (χ2n) is 3.46. The third-order valence-corrected chi connectivity index (χ3v) is 2.28. The molecule has 0 radical (unpaired) electrons. The van der Waals surface area contributed by atoms with E-state index in [0.717, 1.165) is 12.0 Å². The van der Waals surface area contributed by atoms with Crippen LogP contribution in [0.25, 0.3) is 0 Å². The van der Waals surface area contributed by atoms with Crippen LogP contribution < -0.4 is 0 Å². The van der Waals surface area contributed by atoms with Crippen molar-refractivity contribution in [2.45, 2.75) is 26.4 Å². The van der Waals surface area contributed by atoms with Crippen molar-refractivity contribution in [1.82, 2.24) is 0 Å². The number of benzene rings is 1. The Labute approximate surface area is 85.8 Å². The number of aliphatic hydroxyl groups is 1. The Kier molecular flexibility index (Phi) is 4.22. The largest absolute Gasteiger partial charge is 0.388 e. The zero-order chi connectivity index (χ0) is 10.4. The van der Waals surface area contributed by atoms with Crippen molar-refractivity contribution in [3.05, 3.63) is 35.9 Å². The Morgan fingerprint density at radius 2 is 1.93 bits per heavy atom. The fraction of sp³-hybridized carbons (Fsp3) is 0.385. The Bertz CT molecular complexity index is 318. The van der Waals surface area contributed by atoms with Gasteiger partial charge in [0.1, 0.15) is 0 Å². The highest BCUT2D eigenvalue weighted by molar-refractivity contribution is 5.18. The normalized spacial score (nSPS) is 13.9. The quantitative estimate of drug-likeness (QED) is 0.723. The molecule has 0 aromatic heterocycles. The Morgan fingerprint density at radius 1 is 1.29 bits per heavy atom. The molecule has 0 bridgehead atoms. The predicted molar refractivity (Wildman–Crippen MR) is 58.6 cm³/mol. The minimum absolute atomic E-state index is 0.185. The summed E-state index contributed by atoms with van der Waals surface area (Å²) in [5, 5.41) is 9.95. The molecule has 2 unspecified atom stereocenters. The smallest absolute Gasteiger partial charge is 0.0824 e. The van der Waals surface area contributed by atoms with E-state index in [2.05, 4.69) is 11.8 Å². The van der Waals surface area contributed by atoms with Crippen LogP contribution in [-0.2, 0) is 0 Å². The molecule has 1 heteroatoms. The first kappa shape index (κ1) is 10.8. The van der Waals surface area contributed by atoms with Gasteiger partial charge in [-0.1, -0.05) is 37.3 Å². The molecule has 0 aliphatic heterocycles. The van der Waals surface area contributed by atoms with Crippen LogP contribution >= 0.6 is 0 Å². The molecule has 0 spiro atoms. The number of hydrogen-bond donors (Lipinski definition) is 1. The lowest BCUT2D eigenvalue weighted by molar-refractivity contribution is 0.120. The second-order valence-corrected chi connectivity index (χ2v) is 3.46. The van der Waals surface area contributed by atoms with Crippen LogP contribution in [-0.4, -0.2) is 5.11 Å². The highest BCUT2D eigenvalue weighted by atomic mass is 16.3. The van der Waals surface area contributed by atoms with Crippen LogP contribution in [0.2, 0.25) is 0 Å². The summed E-state index contributed by atoms with van der Waals surface area (Å²) in [6.45, 7) is 3.84. The zero-order valence-corrected chi connectivity index (χ0v) is 8.70. The monoisotopic (exact) mass is 188 g/mol. The summed E-state index contributed by atoms with van der Waals surface area (Å²) < 4.78 is 0. The summed E-state index contributed by atoms with van der Waals surface area (Å²) in [6, 6.07) is 9.72. The van der Waals surface area contributed by atoms with Gasteiger partial charge in [-0.3, -0.25) is 0 Å². The standard InChI is InChI=1S/C13H16O/c1-3-4-8-11(2)13(14)12-9-6-5-7-10-12/h5-7,9-11,13-14H,8H2,1-2H3. The van der Waals surface area contributed by atoms with Crippen molar-refractivity contribution < 1.29 is 5.11 Å². The Balaban J connectivity index is 2.64. The molecule has 1 N–H and O–H groups in total. The van der Waals surface area contributed by atoms with Crippen molar-refractivity contribution in [2.24, 2.45) is 5.92 Å². The maximum absolute atomic E-state index is 9.95. The van der Waals surface area contributed by atoms with E-state index >= 15 is 0 Å². The second kappa shape index (κ2) is 5.47. The van der Waals surface area contributed by atoms with E-state index in [1.165, 1.54) is 0 Å². The van der Waals surface area contributed by atoms with Gasteiger partial charge < -0.3 is 5.11 Å². The van der Waals surface area contributed by atoms with Gasteiger partial charge >= 0.3 is 0 Å². The topological polar surface area (TPSA) is 20.2 Å². The van der Waals surface area contributed by atoms with Crippen LogP contribution in [0, 0.1) is 17.8 Å². The van der Waals surface area contributed by atoms with Gasteiger partial charge in [-0.05, 0) is 18.4 Å². The molecule has 1 rings (SSSR count). The molecular weight excluding hydrogens is 172 g/mol. The van der Waals surface area contributed by atoms with Gasteiger partial charge in [0.25, 0.3) is 0 Å². The minimum atomic E-state index is -0.406. The molecule has 1 aromatic carbocycles. The molecule has 0 amide bonds. The molecule has 0 fully saturated rings. The Hall–Kier alpha value is -1.26. The van der Waals surface area contributed by atoms with Gasteiger partial charge in [0.05, 0.1) is 6.10 Å². The average Bonchev–Trinajstić information content (AvgIpc) is 2.26. The molecular formula is C13H16O. The van der Waals surface area contributed by atoms with Gasteiger partial charge in [-0.25, -0.2) is 0 Å². The van der Waals surface area contributed by atoms with E-state index in [1.54, 1.807) is 0 Å². The lowest BCUT2D eigenvalue weighted by atomic mass is 9.95. The average molecular weight is 188 g/mol. The van der Waals surface area contributed by atoms with Crippen LogP contribution in [0.3, 0.4) is 0 Å². The zero-order valence-electron chi connectivity index (χ0n) is 8.70. The van der Waals surface area contributed by atoms with Gasteiger partial charge in [-0.15, -0.1) is 11.8 Å². The molecule has 74 valence electrons. The maximum Gasteiger partial charge on any atom is 0.0824 e. The van der Waals surface area contributed by atoms with Crippen LogP contribution in [0.15, 0.2) is 30.3 Å². The fourth-order valence-corrected chi connectivity index (χ4v) is 1.35. The first-order chi connectivity index (χ1) is 6.75. The van der Waals surface area contributed by atoms with E-state index in [0.29, 0.717) is 0 Å². The number of rotatable bonds is 3. The first-order valence-corrected chi connectivity index (χ1v) is 4.88. The van der Waals surface area contributed by atoms with Gasteiger partial charge in [0, 0.05) is 6.42 Å². The van der Waals surface area contributed by atoms with E-state index in [1.807, 2.05) is 44.2 Å². The number of aliphatic hydroxyl groups excluding tert-OH is 1. The van der Waals surface area contributed by atoms with Crippen LogP contribution in [0.1, 0.15) is 31.9 Å². The highest BCUT2D eigenvalue weighted by Crippen LogP contribution is 2.23. The fourth-order valence-electron chi connectivity index (χ4n) is 1.35. The summed E-state index contributed by atoms with van der Waals surface area (Å²) >= 11 is 0. The Morgan fingerprint density at radius 3 is 2.50 bits per heavy atom. The van der Waals surface area contributed by atoms with Gasteiger partial charge in [-0.2, -0.15) is 0 Å². The first-order valence-electron chi connectivity index (χ1n) is 4.88. The number of hydrogen-bond acceptors (Lipinski definition) is 1. The SMILES string of the molecule is CC#CCC(C)C(O)c1ccccc1. The molecule has 0 heterocycles. The molecule has 0 aliphatic carbocycles. The molecule has 0 aliphatic rings. The summed E-state index contributed by atoms with van der Waals surface area (Å²) in [5.74, 6) is 6.02. The lowest BCUT2D eigenvalue weighted by Crippen LogP contribution is -2.08. The van der Waals surface area contributed by atoms with Crippen LogP contribution in [0.5, 0.6) is 0 Å². The van der Waals surface area contributed by atoms with Gasteiger partial charge in [0.2, 0.25) is 0 Å². The summed E-state index contributed by atoms with van der Waals surface area (Å²) in [6.07, 6.45) is 0.337. The molecule has 0 saturated carbocycles. The van der Waals surface area contributed by atoms with Crippen molar-refractivity contribution in [3.63, 3.8) is 0 Å². The van der Waals surface area contributed by atoms with Crippen molar-refractivity contribution in [2.75, 3.05) is 0 Å². The molecule has 0 saturated heterocycles. The predicted octanol–water partition coefficient (Wildman–Crippen LogP) is 2.77. The summed E-state index contributed by atoms with van der Waals surface area (Å²) in [5.41, 5.74) is 0.970. The third kappa shape index (κ3) is 2.90. The highest BCUT2D eigenvalue weighted by Gasteiger charge is 2.14. The van der Waals surface area contributed by atoms with Crippen molar-refractivity contribution >= 4 is 0 Å². The van der Waals surface area contributed by atoms with Gasteiger partial charge in [0.15, 0.2) is 0 Å². The maximum atomic E-state index is 9.95. The molecule has 14 heavy (non-hydrogen) atoms. The minimum Gasteiger partial charge on any atom is -0.388 e. The van der Waals surface area contributed by atoms with E-state index < -0.39 is 6.10 Å². The third-order valence-electron chi connectivity index (χ3n) is 2.28. The lowest BCUT2D eigenvalue weighted by Gasteiger charge is -2.16. The van der Waals surface area contributed by atoms with E-state index in [4.69, 9.17) is 0 Å². The molecule has 1 nitrogen and oxygen atoms in total. The molecule has 1 aromatic rings. The van der Waals surface area contributed by atoms with E-state index in [-0.39, 0.29) is 5.92 Å². The van der Waals surface area contributed by atoms with Crippen molar-refractivity contribution in [1.29, 1.82) is 0 Å². The summed E-state index contributed by atoms with van der Waals surface area (Å²) in [7, 11) is 0. The van der Waals surface area contributed by atoms with Crippen LogP contribution in [0.4, 0.5) is 0 Å². The van der Waals surface area contributed by atoms with Crippen molar-refractivity contribution in [3.8, 4) is 11.8 Å².